The van der Waals surface area contributed by atoms with Gasteiger partial charge in [0.2, 0.25) is 0 Å². The van der Waals surface area contributed by atoms with Crippen LogP contribution >= 0.6 is 0 Å². The van der Waals surface area contributed by atoms with E-state index in [0.717, 1.165) is 50.9 Å². The predicted octanol–water partition coefficient (Wildman–Crippen LogP) is 2.87. The summed E-state index contributed by atoms with van der Waals surface area (Å²) in [5, 5.41) is 3.09. The third kappa shape index (κ3) is 5.05. The van der Waals surface area contributed by atoms with Gasteiger partial charge in [-0.3, -0.25) is 4.79 Å². The second kappa shape index (κ2) is 8.03. The van der Waals surface area contributed by atoms with Crippen molar-refractivity contribution in [2.24, 2.45) is 5.73 Å². The Hall–Kier alpha value is -1.55. The fourth-order valence-electron chi connectivity index (χ4n) is 2.57. The lowest BCUT2D eigenvalue weighted by molar-refractivity contribution is 0.0926. The van der Waals surface area contributed by atoms with Gasteiger partial charge in [0.1, 0.15) is 5.75 Å². The molecule has 0 heterocycles. The molecule has 0 radical (unpaired) electrons. The van der Waals surface area contributed by atoms with Gasteiger partial charge in [-0.25, -0.2) is 0 Å². The molecule has 0 bridgehead atoms. The number of carbonyl (C=O) groups excluding carboxylic acids is 1. The smallest absolute Gasteiger partial charge is 0.251 e. The van der Waals surface area contributed by atoms with E-state index in [1.807, 2.05) is 24.3 Å². The van der Waals surface area contributed by atoms with E-state index < -0.39 is 0 Å². The minimum absolute atomic E-state index is 0.00409. The second-order valence-electron chi connectivity index (χ2n) is 5.81. The van der Waals surface area contributed by atoms with Crippen LogP contribution in [0, 0.1) is 0 Å². The lowest BCUT2D eigenvalue weighted by atomic mass is 9.91. The molecule has 1 aliphatic carbocycles. The molecule has 4 heteroatoms. The van der Waals surface area contributed by atoms with Crippen molar-refractivity contribution in [1.29, 1.82) is 0 Å². The standard InChI is InChI=1S/C17H26N2O2/c1-2-3-12-21-16-10-4-13(5-11-16)17(20)19-15-8-6-14(18)7-9-15/h4-5,10-11,14-15H,2-3,6-9,12,18H2,1H3,(H,19,20). The quantitative estimate of drug-likeness (QED) is 0.792. The molecule has 2 rings (SSSR count). The zero-order valence-electron chi connectivity index (χ0n) is 12.8. The Bertz CT molecular complexity index is 437. The number of carbonyl (C=O) groups is 1. The van der Waals surface area contributed by atoms with E-state index in [1.165, 1.54) is 0 Å². The van der Waals surface area contributed by atoms with Gasteiger partial charge < -0.3 is 15.8 Å². The van der Waals surface area contributed by atoms with Crippen molar-refractivity contribution in [2.45, 2.75) is 57.5 Å². The molecule has 3 N–H and O–H groups in total. The lowest BCUT2D eigenvalue weighted by Gasteiger charge is -2.26. The van der Waals surface area contributed by atoms with Gasteiger partial charge in [-0.2, -0.15) is 0 Å². The first-order valence-electron chi connectivity index (χ1n) is 7.98. The highest BCUT2D eigenvalue weighted by Crippen LogP contribution is 2.18. The van der Waals surface area contributed by atoms with Gasteiger partial charge in [0.05, 0.1) is 6.61 Å². The molecule has 0 atom stereocenters. The molecule has 0 saturated heterocycles. The fraction of sp³-hybridized carbons (Fsp3) is 0.588. The van der Waals surface area contributed by atoms with Crippen molar-refractivity contribution < 1.29 is 9.53 Å². The summed E-state index contributed by atoms with van der Waals surface area (Å²) in [5.41, 5.74) is 6.57. The number of rotatable bonds is 6. The van der Waals surface area contributed by atoms with Crippen LogP contribution in [0.4, 0.5) is 0 Å². The highest BCUT2D eigenvalue weighted by Gasteiger charge is 2.20. The average molecular weight is 290 g/mol. The van der Waals surface area contributed by atoms with E-state index >= 15 is 0 Å². The fourth-order valence-corrected chi connectivity index (χ4v) is 2.57. The Morgan fingerprint density at radius 3 is 2.52 bits per heavy atom. The number of benzene rings is 1. The summed E-state index contributed by atoms with van der Waals surface area (Å²) in [5.74, 6) is 0.819. The Labute approximate surface area is 127 Å². The highest BCUT2D eigenvalue weighted by molar-refractivity contribution is 5.94. The summed E-state index contributed by atoms with van der Waals surface area (Å²) < 4.78 is 5.60. The predicted molar refractivity (Wildman–Crippen MR) is 84.5 cm³/mol. The van der Waals surface area contributed by atoms with E-state index in [2.05, 4.69) is 12.2 Å². The molecule has 0 spiro atoms. The summed E-state index contributed by atoms with van der Waals surface area (Å²) in [6.45, 7) is 2.86. The molecule has 1 aromatic carbocycles. The van der Waals surface area contributed by atoms with Gasteiger partial charge in [0.25, 0.3) is 5.91 Å². The van der Waals surface area contributed by atoms with Crippen molar-refractivity contribution in [2.75, 3.05) is 6.61 Å². The number of nitrogens with two attached hydrogens (primary N) is 1. The van der Waals surface area contributed by atoms with Gasteiger partial charge in [-0.1, -0.05) is 13.3 Å². The van der Waals surface area contributed by atoms with Crippen LogP contribution in [-0.4, -0.2) is 24.6 Å². The second-order valence-corrected chi connectivity index (χ2v) is 5.81. The van der Waals surface area contributed by atoms with Crippen LogP contribution in [0.15, 0.2) is 24.3 Å². The largest absolute Gasteiger partial charge is 0.494 e. The summed E-state index contributed by atoms with van der Waals surface area (Å²) in [6.07, 6.45) is 6.11. The van der Waals surface area contributed by atoms with Crippen LogP contribution in [0.25, 0.3) is 0 Å². The highest BCUT2D eigenvalue weighted by atomic mass is 16.5. The summed E-state index contributed by atoms with van der Waals surface area (Å²) in [4.78, 5) is 12.2. The van der Waals surface area contributed by atoms with Crippen molar-refractivity contribution in [3.8, 4) is 5.75 Å². The van der Waals surface area contributed by atoms with Crippen molar-refractivity contribution in [3.05, 3.63) is 29.8 Å². The first kappa shape index (κ1) is 15.8. The third-order valence-electron chi connectivity index (χ3n) is 3.99. The van der Waals surface area contributed by atoms with Crippen molar-refractivity contribution in [1.82, 2.24) is 5.32 Å². The van der Waals surface area contributed by atoms with Crippen LogP contribution in [0.1, 0.15) is 55.8 Å². The Kier molecular flexibility index (Phi) is 6.05. The molecule has 1 aliphatic rings. The first-order chi connectivity index (χ1) is 10.2. The molecule has 1 amide bonds. The minimum Gasteiger partial charge on any atom is -0.494 e. The number of unbranched alkanes of at least 4 members (excludes halogenated alkanes) is 1. The van der Waals surface area contributed by atoms with Crippen LogP contribution in [0.2, 0.25) is 0 Å². The van der Waals surface area contributed by atoms with Crippen LogP contribution < -0.4 is 15.8 Å². The maximum atomic E-state index is 12.2. The topological polar surface area (TPSA) is 64.3 Å². The Morgan fingerprint density at radius 1 is 1.24 bits per heavy atom. The van der Waals surface area contributed by atoms with E-state index in [1.54, 1.807) is 0 Å². The monoisotopic (exact) mass is 290 g/mol. The number of ether oxygens (including phenoxy) is 1. The molecule has 21 heavy (non-hydrogen) atoms. The normalized spacial score (nSPS) is 21.8. The van der Waals surface area contributed by atoms with Gasteiger partial charge in [0, 0.05) is 17.6 Å². The zero-order valence-corrected chi connectivity index (χ0v) is 12.8. The Morgan fingerprint density at radius 2 is 1.90 bits per heavy atom. The number of nitrogens with one attached hydrogen (secondary N) is 1. The molecule has 4 nitrogen and oxygen atoms in total. The molecule has 0 unspecified atom stereocenters. The van der Waals surface area contributed by atoms with Crippen molar-refractivity contribution >= 4 is 5.91 Å². The number of amides is 1. The lowest BCUT2D eigenvalue weighted by Crippen LogP contribution is -2.40. The van der Waals surface area contributed by atoms with Crippen LogP contribution in [0.5, 0.6) is 5.75 Å². The Balaban J connectivity index is 1.82. The zero-order chi connectivity index (χ0) is 15.1. The maximum Gasteiger partial charge on any atom is 0.251 e. The molecule has 0 aromatic heterocycles. The molecule has 1 aromatic rings. The summed E-state index contributed by atoms with van der Waals surface area (Å²) in [6, 6.07) is 7.94. The third-order valence-corrected chi connectivity index (χ3v) is 3.99. The molecular weight excluding hydrogens is 264 g/mol. The van der Waals surface area contributed by atoms with E-state index in [9.17, 15) is 4.79 Å². The molecule has 0 aliphatic heterocycles. The van der Waals surface area contributed by atoms with Gasteiger partial charge in [0.15, 0.2) is 0 Å². The van der Waals surface area contributed by atoms with E-state index in [4.69, 9.17) is 10.5 Å². The molecule has 1 saturated carbocycles. The molecular formula is C17H26N2O2. The van der Waals surface area contributed by atoms with Gasteiger partial charge >= 0.3 is 0 Å². The van der Waals surface area contributed by atoms with Crippen molar-refractivity contribution in [3.63, 3.8) is 0 Å². The minimum atomic E-state index is -0.00409. The van der Waals surface area contributed by atoms with E-state index in [0.29, 0.717) is 11.6 Å². The van der Waals surface area contributed by atoms with Crippen LogP contribution in [0.3, 0.4) is 0 Å². The number of hydrogen-bond donors (Lipinski definition) is 2. The first-order valence-corrected chi connectivity index (χ1v) is 7.98. The van der Waals surface area contributed by atoms with E-state index in [-0.39, 0.29) is 11.9 Å². The summed E-state index contributed by atoms with van der Waals surface area (Å²) in [7, 11) is 0. The SMILES string of the molecule is CCCCOc1ccc(C(=O)NC2CCC(N)CC2)cc1. The summed E-state index contributed by atoms with van der Waals surface area (Å²) >= 11 is 0. The van der Waals surface area contributed by atoms with Gasteiger partial charge in [-0.05, 0) is 56.4 Å². The van der Waals surface area contributed by atoms with Gasteiger partial charge in [-0.15, -0.1) is 0 Å². The average Bonchev–Trinajstić information content (AvgIpc) is 2.50. The van der Waals surface area contributed by atoms with Crippen LogP contribution in [-0.2, 0) is 0 Å². The molecule has 1 fully saturated rings. The maximum absolute atomic E-state index is 12.2. The number of hydrogen-bond acceptors (Lipinski definition) is 3. The molecule has 116 valence electrons.